The van der Waals surface area contributed by atoms with E-state index in [4.69, 9.17) is 4.98 Å². The molecule has 0 N–H and O–H groups in total. The number of thioether (sulfide) groups is 3. The van der Waals surface area contributed by atoms with Gasteiger partial charge in [-0.25, -0.2) is 103 Å². The lowest BCUT2D eigenvalue weighted by atomic mass is 10.1. The van der Waals surface area contributed by atoms with Crippen molar-refractivity contribution in [2.75, 3.05) is 40.3 Å². The molecule has 149 heavy (non-hydrogen) atoms. The van der Waals surface area contributed by atoms with Gasteiger partial charge in [-0.15, -0.1) is 45.5 Å². The van der Waals surface area contributed by atoms with Crippen molar-refractivity contribution in [3.63, 3.8) is 0 Å². The lowest BCUT2D eigenvalue weighted by Crippen LogP contribution is -2.10. The van der Waals surface area contributed by atoms with Crippen molar-refractivity contribution in [3.05, 3.63) is 212 Å². The van der Waals surface area contributed by atoms with E-state index in [0.29, 0.717) is 72.4 Å². The monoisotopic (exact) mass is 2190 g/mol. The van der Waals surface area contributed by atoms with Crippen LogP contribution in [0.1, 0.15) is 76.9 Å². The Kier molecular flexibility index (Phi) is 29.9. The van der Waals surface area contributed by atoms with Gasteiger partial charge in [-0.1, -0.05) is 115 Å². The van der Waals surface area contributed by atoms with E-state index in [1.807, 2.05) is 44.2 Å². The first-order valence-corrected chi connectivity index (χ1v) is 54.2. The molecule has 20 aromatic rings. The molecular formula is C96H80F15N23O8S7. The number of hydrogen-bond donors (Lipinski definition) is 0. The molecule has 0 saturated heterocycles. The largest absolute Gasteiger partial charge is 0.433 e. The first-order chi connectivity index (χ1) is 70.3. The number of halogens is 15. The molecule has 0 unspecified atom stereocenters. The molecule has 0 bridgehead atoms. The standard InChI is InChI=1S/C20H18F3N5O4S2.C20H18F3N5S2.C19H15F3N4O2S.C19H15F3N4S.C18H14F3N5O2S/c1-4-33(29,30)12-6-11-7-15(34(31,32)5-2)17(27-18(11)25-9-12)19-26-13-8-16(20(21,22)23)24-10-14(13)28(19)3;1-4-29-12-6-11-7-15(30-5-2)17(27-18(11)25-9-12)19-26-13-8-16(20(21,22)23)24-10-14(13)28(19)3;1-3-29(27,28)17-12-7-5-4-6-11(12)9-24-16(17)18-25-13-8-15(19(20,21)22)23-10-14(13)26(18)2;1-3-27-17-12-7-5-4-6-11(12)9-24-16(17)18-25-13-8-15(19(20,21)22)23-10-14(13)26(18)2;1-3-29(27,28)16-10-6-4-5-7-11(10)24-25-15(16)17-23-12-8-14(18(19,20)21)22-9-13(12)26(17)2/h6-10H,4-5H2,1-3H3;6-10H,4-5H2,1-3H3;4-10H,3H2,1-2H3;4-10H,3H2,1-2H3;4-9H,3H2,1-2H3. The molecule has 0 saturated carbocycles. The number of pyridine rings is 11. The molecule has 0 amide bonds. The summed E-state index contributed by atoms with van der Waals surface area (Å²) in [5, 5.41) is 12.8. The molecule has 31 nitrogen and oxygen atoms in total. The smallest absolute Gasteiger partial charge is 0.325 e. The van der Waals surface area contributed by atoms with Crippen LogP contribution in [-0.4, -0.2) is 187 Å². The van der Waals surface area contributed by atoms with Crippen LogP contribution < -0.4 is 0 Å². The summed E-state index contributed by atoms with van der Waals surface area (Å²) < 4.78 is 305. The molecule has 17 aromatic heterocycles. The second-order valence-electron chi connectivity index (χ2n) is 32.7. The van der Waals surface area contributed by atoms with Gasteiger partial charge in [-0.3, -0.25) is 9.97 Å². The van der Waals surface area contributed by atoms with Crippen molar-refractivity contribution < 1.29 is 99.5 Å². The van der Waals surface area contributed by atoms with Crippen LogP contribution in [0.2, 0.25) is 0 Å². The Morgan fingerprint density at radius 3 is 1.05 bits per heavy atom. The van der Waals surface area contributed by atoms with Crippen LogP contribution in [0.15, 0.2) is 217 Å². The molecule has 0 aliphatic heterocycles. The molecular weight excluding hydrogens is 2110 g/mol. The van der Waals surface area contributed by atoms with E-state index in [9.17, 15) is 99.5 Å². The van der Waals surface area contributed by atoms with E-state index in [-0.39, 0.29) is 121 Å². The van der Waals surface area contributed by atoms with Crippen molar-refractivity contribution in [2.24, 2.45) is 35.2 Å². The fourth-order valence-electron chi connectivity index (χ4n) is 15.9. The van der Waals surface area contributed by atoms with Crippen LogP contribution in [0.3, 0.4) is 0 Å². The summed E-state index contributed by atoms with van der Waals surface area (Å²) in [6, 6.07) is 32.5. The summed E-state index contributed by atoms with van der Waals surface area (Å²) in [6.07, 6.45) is -11.2. The van der Waals surface area contributed by atoms with Crippen LogP contribution in [-0.2, 0) is 105 Å². The summed E-state index contributed by atoms with van der Waals surface area (Å²) >= 11 is 4.96. The minimum atomic E-state index is -4.68. The third-order valence-corrected chi connectivity index (χ3v) is 33.2. The molecule has 0 radical (unpaired) electrons. The molecule has 774 valence electrons. The number of alkyl halides is 15. The Bertz CT molecular complexity index is 9000. The van der Waals surface area contributed by atoms with E-state index in [1.54, 1.807) is 134 Å². The summed E-state index contributed by atoms with van der Waals surface area (Å²) in [7, 11) is -6.79. The Hall–Kier alpha value is -14.2. The molecule has 20 rings (SSSR count). The lowest BCUT2D eigenvalue weighted by molar-refractivity contribution is -0.141. The van der Waals surface area contributed by atoms with Crippen LogP contribution >= 0.6 is 35.3 Å². The summed E-state index contributed by atoms with van der Waals surface area (Å²) in [5.41, 5.74) is -0.506. The predicted octanol–water partition coefficient (Wildman–Crippen LogP) is 21.7. The van der Waals surface area contributed by atoms with Crippen molar-refractivity contribution in [3.8, 4) is 57.6 Å². The average molecular weight is 2190 g/mol. The second-order valence-corrected chi connectivity index (χ2v) is 45.6. The lowest BCUT2D eigenvalue weighted by Gasteiger charge is -2.12. The number of rotatable bonds is 19. The number of imidazole rings is 5. The van der Waals surface area contributed by atoms with Crippen LogP contribution in [0.25, 0.3) is 167 Å². The molecule has 0 atom stereocenters. The van der Waals surface area contributed by atoms with Gasteiger partial charge < -0.3 is 22.8 Å². The van der Waals surface area contributed by atoms with Crippen LogP contribution in [0, 0.1) is 0 Å². The molecule has 0 spiro atoms. The highest BCUT2D eigenvalue weighted by Gasteiger charge is 2.40. The Morgan fingerprint density at radius 2 is 0.631 bits per heavy atom. The SMILES string of the molecule is CCS(=O)(=O)c1c(-c2nc3cc(C(F)(F)F)ncc3n2C)ncc2ccccc12.CCS(=O)(=O)c1c(-c2nc3cc(C(F)(F)F)ncc3n2C)nnc2ccccc12.CCS(=O)(=O)c1cnc2nc(-c3nc4cc(C(F)(F)F)ncc4n3C)c(S(=O)(=O)CC)cc2c1.CCSc1c(-c2nc3cc(C(F)(F)F)ncc3n2C)ncc2ccccc12.CCSc1cnc2nc(-c3nc4cc(C(F)(F)F)ncc4n3C)c(SCC)cc2c1. The number of benzene rings is 3. The highest BCUT2D eigenvalue weighted by atomic mass is 32.2. The second kappa shape index (κ2) is 41.4. The van der Waals surface area contributed by atoms with Crippen molar-refractivity contribution in [1.82, 2.24) is 113 Å². The summed E-state index contributed by atoms with van der Waals surface area (Å²) in [5.74, 6) is 3.05. The topological polar surface area (TPSA) is 393 Å². The number of fused-ring (bicyclic) bond motifs is 10. The highest BCUT2D eigenvalue weighted by Crippen LogP contribution is 2.44. The van der Waals surface area contributed by atoms with E-state index >= 15 is 0 Å². The molecule has 0 aliphatic rings. The quantitative estimate of drug-likeness (QED) is 0.0536. The van der Waals surface area contributed by atoms with Crippen molar-refractivity contribution in [1.29, 1.82) is 0 Å². The van der Waals surface area contributed by atoms with Gasteiger partial charge in [0.1, 0.15) is 66.7 Å². The molecule has 0 fully saturated rings. The normalized spacial score (nSPS) is 12.6. The van der Waals surface area contributed by atoms with Crippen LogP contribution in [0.4, 0.5) is 65.9 Å². The van der Waals surface area contributed by atoms with Gasteiger partial charge in [0.25, 0.3) is 0 Å². The average Bonchev–Trinajstić information content (AvgIpc) is 1.70. The summed E-state index contributed by atoms with van der Waals surface area (Å²) in [6.45, 7) is 12.1. The Morgan fingerprint density at radius 1 is 0.282 bits per heavy atom. The van der Waals surface area contributed by atoms with Gasteiger partial charge in [-0.05, 0) is 83.3 Å². The Labute approximate surface area is 849 Å². The van der Waals surface area contributed by atoms with Gasteiger partial charge in [0, 0.05) is 107 Å². The van der Waals surface area contributed by atoms with Gasteiger partial charge in [0.2, 0.25) is 0 Å². The van der Waals surface area contributed by atoms with E-state index in [0.717, 1.165) is 103 Å². The number of sulfone groups is 4. The van der Waals surface area contributed by atoms with E-state index < -0.39 is 98.7 Å². The fraction of sp³-hybridized carbons (Fsp3) is 0.250. The third kappa shape index (κ3) is 21.6. The van der Waals surface area contributed by atoms with Crippen molar-refractivity contribution in [2.45, 2.75) is 114 Å². The Balaban J connectivity index is 0.000000133. The zero-order chi connectivity index (χ0) is 108. The fourth-order valence-corrected chi connectivity index (χ4v) is 22.6. The van der Waals surface area contributed by atoms with Gasteiger partial charge in [0.05, 0.1) is 124 Å². The number of aromatic nitrogens is 23. The predicted molar refractivity (Wildman–Crippen MR) is 535 cm³/mol. The summed E-state index contributed by atoms with van der Waals surface area (Å²) in [4.78, 5) is 68.2. The molecule has 3 aromatic carbocycles. The van der Waals surface area contributed by atoms with E-state index in [2.05, 4.69) is 97.9 Å². The number of aryl methyl sites for hydroxylation is 5. The number of hydrogen-bond acceptors (Lipinski definition) is 29. The van der Waals surface area contributed by atoms with Gasteiger partial charge in [0.15, 0.2) is 79.8 Å². The zero-order valence-electron chi connectivity index (χ0n) is 79.8. The van der Waals surface area contributed by atoms with Crippen LogP contribution in [0.5, 0.6) is 0 Å². The zero-order valence-corrected chi connectivity index (χ0v) is 85.6. The maximum Gasteiger partial charge on any atom is 0.433 e. The molecule has 0 aliphatic carbocycles. The third-order valence-electron chi connectivity index (χ3n) is 23.4. The first kappa shape index (κ1) is 108. The maximum atomic E-state index is 13.1. The van der Waals surface area contributed by atoms with Crippen molar-refractivity contribution >= 4 is 184 Å². The van der Waals surface area contributed by atoms with E-state index in [1.165, 1.54) is 79.2 Å². The molecule has 17 heterocycles. The maximum absolute atomic E-state index is 13.1. The van der Waals surface area contributed by atoms with Gasteiger partial charge >= 0.3 is 30.9 Å². The van der Waals surface area contributed by atoms with Gasteiger partial charge in [-0.2, -0.15) is 65.9 Å². The highest BCUT2D eigenvalue weighted by molar-refractivity contribution is 8.00. The number of nitrogens with zero attached hydrogens (tertiary/aromatic N) is 23. The minimum absolute atomic E-state index is 0.00268. The first-order valence-electron chi connectivity index (χ1n) is 44.7. The minimum Gasteiger partial charge on any atom is -0.325 e. The molecule has 53 heteroatoms.